The molecule has 0 bridgehead atoms. The molecule has 0 aliphatic carbocycles. The molecule has 1 aliphatic rings. The van der Waals surface area contributed by atoms with Crippen LogP contribution >= 0.6 is 11.6 Å². The van der Waals surface area contributed by atoms with E-state index in [0.29, 0.717) is 6.61 Å². The number of rotatable bonds is 5. The van der Waals surface area contributed by atoms with E-state index in [1.165, 1.54) is 0 Å². The highest BCUT2D eigenvalue weighted by molar-refractivity contribution is 6.34. The lowest BCUT2D eigenvalue weighted by Gasteiger charge is -2.13. The number of amides is 1. The molecule has 2 rings (SSSR count). The fraction of sp³-hybridized carbons (Fsp3) is 0.538. The minimum absolute atomic E-state index is 0.0388. The van der Waals surface area contributed by atoms with Gasteiger partial charge in [0.1, 0.15) is 6.61 Å². The molecule has 1 N–H and O–H groups in total. The van der Waals surface area contributed by atoms with Gasteiger partial charge in [-0.2, -0.15) is 13.2 Å². The van der Waals surface area contributed by atoms with Crippen molar-refractivity contribution in [3.63, 3.8) is 0 Å². The average molecular weight is 339 g/mol. The van der Waals surface area contributed by atoms with Gasteiger partial charge in [-0.3, -0.25) is 4.79 Å². The Morgan fingerprint density at radius 1 is 1.55 bits per heavy atom. The lowest BCUT2D eigenvalue weighted by Crippen LogP contribution is -2.23. The molecule has 9 heteroatoms. The topological polar surface area (TPSA) is 60.5 Å². The minimum atomic E-state index is -4.62. The van der Waals surface area contributed by atoms with E-state index in [-0.39, 0.29) is 25.1 Å². The van der Waals surface area contributed by atoms with Crippen LogP contribution < -0.4 is 5.32 Å². The molecule has 1 aromatic rings. The van der Waals surface area contributed by atoms with E-state index in [1.807, 2.05) is 0 Å². The molecule has 22 heavy (non-hydrogen) atoms. The van der Waals surface area contributed by atoms with Gasteiger partial charge in [0.05, 0.1) is 23.3 Å². The number of nitrogens with one attached hydrogen (secondary N) is 1. The van der Waals surface area contributed by atoms with Crippen LogP contribution in [0, 0.1) is 0 Å². The summed E-state index contributed by atoms with van der Waals surface area (Å²) in [5.74, 6) is -0.978. The van der Waals surface area contributed by atoms with Crippen molar-refractivity contribution in [3.05, 3.63) is 22.8 Å². The van der Waals surface area contributed by atoms with E-state index in [4.69, 9.17) is 21.1 Å². The van der Waals surface area contributed by atoms with Crippen molar-refractivity contribution in [2.45, 2.75) is 25.1 Å². The zero-order valence-electron chi connectivity index (χ0n) is 11.5. The van der Waals surface area contributed by atoms with Crippen molar-refractivity contribution in [2.24, 2.45) is 0 Å². The van der Waals surface area contributed by atoms with Crippen molar-refractivity contribution in [2.75, 3.05) is 25.1 Å². The van der Waals surface area contributed by atoms with Crippen LogP contribution in [-0.2, 0) is 20.4 Å². The van der Waals surface area contributed by atoms with Gasteiger partial charge >= 0.3 is 6.18 Å². The van der Waals surface area contributed by atoms with Gasteiger partial charge in [-0.25, -0.2) is 4.98 Å². The molecule has 1 amide bonds. The number of carbonyl (C=O) groups excluding carboxylic acids is 1. The summed E-state index contributed by atoms with van der Waals surface area (Å²) in [6.07, 6.45) is -1.91. The standard InChI is InChI=1S/C13H14ClF3N2O3/c14-11-9(13(15,16)17)3-4-18-12(11)19-10(20)7-21-6-8-2-1-5-22-8/h3-4,8H,1-2,5-7H2,(H,18,19,20). The molecule has 2 heterocycles. The number of halogens is 4. The lowest BCUT2D eigenvalue weighted by atomic mass is 10.2. The van der Waals surface area contributed by atoms with Gasteiger partial charge < -0.3 is 14.8 Å². The van der Waals surface area contributed by atoms with Crippen LogP contribution in [0.2, 0.25) is 5.02 Å². The van der Waals surface area contributed by atoms with Crippen LogP contribution in [0.15, 0.2) is 12.3 Å². The summed E-state index contributed by atoms with van der Waals surface area (Å²) < 4.78 is 48.5. The van der Waals surface area contributed by atoms with Crippen LogP contribution in [0.3, 0.4) is 0 Å². The summed E-state index contributed by atoms with van der Waals surface area (Å²) in [6, 6.07) is 0.742. The Labute approximate surface area is 129 Å². The Morgan fingerprint density at radius 3 is 2.95 bits per heavy atom. The second-order valence-electron chi connectivity index (χ2n) is 4.72. The van der Waals surface area contributed by atoms with E-state index < -0.39 is 22.7 Å². The average Bonchev–Trinajstić information content (AvgIpc) is 2.93. The Bertz CT molecular complexity index is 534. The number of nitrogens with zero attached hydrogens (tertiary/aromatic N) is 1. The molecular weight excluding hydrogens is 325 g/mol. The van der Waals surface area contributed by atoms with Crippen molar-refractivity contribution >= 4 is 23.3 Å². The fourth-order valence-corrected chi connectivity index (χ4v) is 2.24. The highest BCUT2D eigenvalue weighted by atomic mass is 35.5. The second-order valence-corrected chi connectivity index (χ2v) is 5.10. The molecule has 0 aromatic carbocycles. The highest BCUT2D eigenvalue weighted by Crippen LogP contribution is 2.37. The summed E-state index contributed by atoms with van der Waals surface area (Å²) in [6.45, 7) is 0.620. The predicted molar refractivity (Wildman–Crippen MR) is 72.7 cm³/mol. The number of hydrogen-bond donors (Lipinski definition) is 1. The molecular formula is C13H14ClF3N2O3. The van der Waals surface area contributed by atoms with Gasteiger partial charge in [-0.1, -0.05) is 11.6 Å². The van der Waals surface area contributed by atoms with Gasteiger partial charge in [-0.15, -0.1) is 0 Å². The number of aromatic nitrogens is 1. The van der Waals surface area contributed by atoms with Crippen LogP contribution in [0.1, 0.15) is 18.4 Å². The first-order valence-corrected chi connectivity index (χ1v) is 6.96. The zero-order chi connectivity index (χ0) is 16.2. The van der Waals surface area contributed by atoms with E-state index in [2.05, 4.69) is 10.3 Å². The smallest absolute Gasteiger partial charge is 0.376 e. The first-order chi connectivity index (χ1) is 10.4. The Morgan fingerprint density at radius 2 is 2.32 bits per heavy atom. The van der Waals surface area contributed by atoms with Crippen molar-refractivity contribution in [3.8, 4) is 0 Å². The van der Waals surface area contributed by atoms with E-state index in [1.54, 1.807) is 0 Å². The summed E-state index contributed by atoms with van der Waals surface area (Å²) in [4.78, 5) is 15.3. The molecule has 1 saturated heterocycles. The molecule has 1 fully saturated rings. The van der Waals surface area contributed by atoms with Gasteiger partial charge in [0, 0.05) is 12.8 Å². The molecule has 122 valence electrons. The maximum Gasteiger partial charge on any atom is 0.418 e. The van der Waals surface area contributed by atoms with Crippen LogP contribution in [-0.4, -0.2) is 36.8 Å². The summed E-state index contributed by atoms with van der Waals surface area (Å²) >= 11 is 5.62. The quantitative estimate of drug-likeness (QED) is 0.896. The normalized spacial score (nSPS) is 18.5. The summed E-state index contributed by atoms with van der Waals surface area (Å²) in [7, 11) is 0. The molecule has 5 nitrogen and oxygen atoms in total. The summed E-state index contributed by atoms with van der Waals surface area (Å²) in [5, 5.41) is 1.55. The van der Waals surface area contributed by atoms with Gasteiger partial charge in [-0.05, 0) is 18.9 Å². The van der Waals surface area contributed by atoms with Gasteiger partial charge in [0.25, 0.3) is 5.91 Å². The number of pyridine rings is 1. The third kappa shape index (κ3) is 4.56. The van der Waals surface area contributed by atoms with Crippen molar-refractivity contribution in [1.82, 2.24) is 4.98 Å². The number of hydrogen-bond acceptors (Lipinski definition) is 4. The van der Waals surface area contributed by atoms with Gasteiger partial charge in [0.2, 0.25) is 0 Å². The third-order valence-electron chi connectivity index (χ3n) is 3.01. The van der Waals surface area contributed by atoms with Crippen LogP contribution in [0.5, 0.6) is 0 Å². The number of ether oxygens (including phenoxy) is 2. The minimum Gasteiger partial charge on any atom is -0.376 e. The largest absolute Gasteiger partial charge is 0.418 e. The first kappa shape index (κ1) is 17.0. The SMILES string of the molecule is O=C(COCC1CCCO1)Nc1nccc(C(F)(F)F)c1Cl. The maximum absolute atomic E-state index is 12.7. The molecule has 1 aliphatic heterocycles. The lowest BCUT2D eigenvalue weighted by molar-refractivity contribution is -0.137. The van der Waals surface area contributed by atoms with E-state index in [9.17, 15) is 18.0 Å². The number of alkyl halides is 3. The Balaban J connectivity index is 1.88. The van der Waals surface area contributed by atoms with Crippen LogP contribution in [0.25, 0.3) is 0 Å². The molecule has 0 radical (unpaired) electrons. The second kappa shape index (κ2) is 7.26. The fourth-order valence-electron chi connectivity index (χ4n) is 1.98. The summed E-state index contributed by atoms with van der Waals surface area (Å²) in [5.41, 5.74) is -1.06. The van der Waals surface area contributed by atoms with E-state index >= 15 is 0 Å². The number of carbonyl (C=O) groups is 1. The zero-order valence-corrected chi connectivity index (χ0v) is 12.2. The molecule has 0 saturated carbocycles. The molecule has 1 unspecified atom stereocenters. The predicted octanol–water partition coefficient (Wildman–Crippen LogP) is 2.89. The number of anilines is 1. The van der Waals surface area contributed by atoms with Crippen molar-refractivity contribution in [1.29, 1.82) is 0 Å². The first-order valence-electron chi connectivity index (χ1n) is 6.59. The molecule has 0 spiro atoms. The monoisotopic (exact) mass is 338 g/mol. The molecule has 1 aromatic heterocycles. The third-order valence-corrected chi connectivity index (χ3v) is 3.40. The maximum atomic E-state index is 12.7. The van der Waals surface area contributed by atoms with Gasteiger partial charge in [0.15, 0.2) is 5.82 Å². The van der Waals surface area contributed by atoms with Crippen LogP contribution in [0.4, 0.5) is 19.0 Å². The van der Waals surface area contributed by atoms with E-state index in [0.717, 1.165) is 25.1 Å². The highest BCUT2D eigenvalue weighted by Gasteiger charge is 2.34. The molecule has 1 atom stereocenters. The Kier molecular flexibility index (Phi) is 5.60. The van der Waals surface area contributed by atoms with Crippen molar-refractivity contribution < 1.29 is 27.4 Å². The Hall–Kier alpha value is -1.38.